The third-order valence-corrected chi connectivity index (χ3v) is 4.31. The Morgan fingerprint density at radius 1 is 1.15 bits per heavy atom. The average Bonchev–Trinajstić information content (AvgIpc) is 3.14. The lowest BCUT2D eigenvalue weighted by Gasteiger charge is -2.09. The molecule has 1 N–H and O–H groups in total. The van der Waals surface area contributed by atoms with Gasteiger partial charge in [0.15, 0.2) is 11.2 Å². The maximum Gasteiger partial charge on any atom is 0.255 e. The molecule has 2 aromatic carbocycles. The molecule has 0 radical (unpaired) electrons. The number of rotatable bonds is 4. The zero-order valence-corrected chi connectivity index (χ0v) is 15.0. The van der Waals surface area contributed by atoms with Gasteiger partial charge in [0.25, 0.3) is 5.91 Å². The number of aromatic nitrogens is 2. The molecule has 2 aromatic heterocycles. The lowest BCUT2D eigenvalue weighted by Crippen LogP contribution is -2.12. The SMILES string of the molecule is COc1ccc(C(=O)Nc2cc(-c3nc4ncccc4o3)ccc2Cl)cc1. The third kappa shape index (κ3) is 3.47. The van der Waals surface area contributed by atoms with Gasteiger partial charge in [-0.3, -0.25) is 4.79 Å². The van der Waals surface area contributed by atoms with Crippen molar-refractivity contribution in [3.8, 4) is 17.2 Å². The van der Waals surface area contributed by atoms with Crippen LogP contribution in [0, 0.1) is 0 Å². The Labute approximate surface area is 159 Å². The van der Waals surface area contributed by atoms with Gasteiger partial charge in [-0.25, -0.2) is 4.98 Å². The minimum absolute atomic E-state index is 0.282. The summed E-state index contributed by atoms with van der Waals surface area (Å²) in [5, 5.41) is 3.22. The molecule has 134 valence electrons. The van der Waals surface area contributed by atoms with E-state index >= 15 is 0 Å². The average molecular weight is 380 g/mol. The minimum atomic E-state index is -0.282. The molecule has 0 unspecified atom stereocenters. The zero-order chi connectivity index (χ0) is 18.8. The van der Waals surface area contributed by atoms with Gasteiger partial charge in [-0.2, -0.15) is 4.98 Å². The highest BCUT2D eigenvalue weighted by atomic mass is 35.5. The van der Waals surface area contributed by atoms with Crippen LogP contribution in [-0.4, -0.2) is 23.0 Å². The number of pyridine rings is 1. The van der Waals surface area contributed by atoms with Gasteiger partial charge in [0.2, 0.25) is 5.89 Å². The lowest BCUT2D eigenvalue weighted by molar-refractivity contribution is 0.102. The van der Waals surface area contributed by atoms with E-state index in [2.05, 4.69) is 15.3 Å². The number of halogens is 1. The van der Waals surface area contributed by atoms with E-state index in [1.165, 1.54) is 0 Å². The normalized spacial score (nSPS) is 10.7. The second kappa shape index (κ2) is 7.09. The summed E-state index contributed by atoms with van der Waals surface area (Å²) in [7, 11) is 1.57. The Morgan fingerprint density at radius 3 is 2.70 bits per heavy atom. The van der Waals surface area contributed by atoms with Crippen LogP contribution in [0.15, 0.2) is 65.2 Å². The van der Waals surface area contributed by atoms with E-state index in [1.54, 1.807) is 67.9 Å². The van der Waals surface area contributed by atoms with Crippen LogP contribution >= 0.6 is 11.6 Å². The minimum Gasteiger partial charge on any atom is -0.497 e. The van der Waals surface area contributed by atoms with E-state index in [0.29, 0.717) is 44.7 Å². The number of anilines is 1. The first-order valence-corrected chi connectivity index (χ1v) is 8.49. The largest absolute Gasteiger partial charge is 0.497 e. The van der Waals surface area contributed by atoms with Crippen LogP contribution in [0.1, 0.15) is 10.4 Å². The molecule has 0 bridgehead atoms. The molecule has 0 spiro atoms. The first kappa shape index (κ1) is 17.1. The quantitative estimate of drug-likeness (QED) is 0.551. The number of nitrogens with zero attached hydrogens (tertiary/aromatic N) is 2. The predicted molar refractivity (Wildman–Crippen MR) is 103 cm³/mol. The fraction of sp³-hybridized carbons (Fsp3) is 0.0500. The number of amides is 1. The molecule has 4 rings (SSSR count). The van der Waals surface area contributed by atoms with E-state index in [4.69, 9.17) is 20.8 Å². The van der Waals surface area contributed by atoms with Crippen LogP contribution in [0.3, 0.4) is 0 Å². The summed E-state index contributed by atoms with van der Waals surface area (Å²) in [5.41, 5.74) is 2.74. The van der Waals surface area contributed by atoms with Gasteiger partial charge in [-0.05, 0) is 54.6 Å². The molecule has 7 heteroatoms. The molecule has 4 aromatic rings. The first-order valence-electron chi connectivity index (χ1n) is 8.11. The summed E-state index contributed by atoms with van der Waals surface area (Å²) in [6.45, 7) is 0. The van der Waals surface area contributed by atoms with Crippen LogP contribution in [0.2, 0.25) is 5.02 Å². The van der Waals surface area contributed by atoms with Crippen LogP contribution in [0.25, 0.3) is 22.7 Å². The summed E-state index contributed by atoms with van der Waals surface area (Å²) in [6, 6.07) is 15.5. The van der Waals surface area contributed by atoms with Crippen molar-refractivity contribution < 1.29 is 13.9 Å². The number of fused-ring (bicyclic) bond motifs is 1. The number of carbonyl (C=O) groups excluding carboxylic acids is 1. The highest BCUT2D eigenvalue weighted by molar-refractivity contribution is 6.34. The fourth-order valence-corrected chi connectivity index (χ4v) is 2.75. The molecule has 6 nitrogen and oxygen atoms in total. The van der Waals surface area contributed by atoms with Gasteiger partial charge < -0.3 is 14.5 Å². The second-order valence-corrected chi connectivity index (χ2v) is 6.13. The predicted octanol–water partition coefficient (Wildman–Crippen LogP) is 4.80. The maximum atomic E-state index is 12.5. The van der Waals surface area contributed by atoms with Crippen molar-refractivity contribution in [2.24, 2.45) is 0 Å². The summed E-state index contributed by atoms with van der Waals surface area (Å²) in [5.74, 6) is 0.799. The molecule has 0 saturated carbocycles. The number of hydrogen-bond acceptors (Lipinski definition) is 5. The summed E-state index contributed by atoms with van der Waals surface area (Å²) in [4.78, 5) is 21.0. The molecule has 0 fully saturated rings. The van der Waals surface area contributed by atoms with Gasteiger partial charge in [0.05, 0.1) is 17.8 Å². The number of methoxy groups -OCH3 is 1. The molecule has 0 aliphatic heterocycles. The van der Waals surface area contributed by atoms with E-state index in [-0.39, 0.29) is 5.91 Å². The van der Waals surface area contributed by atoms with Gasteiger partial charge in [-0.15, -0.1) is 0 Å². The van der Waals surface area contributed by atoms with E-state index < -0.39 is 0 Å². The molecule has 27 heavy (non-hydrogen) atoms. The van der Waals surface area contributed by atoms with Crippen molar-refractivity contribution in [3.05, 3.63) is 71.4 Å². The summed E-state index contributed by atoms with van der Waals surface area (Å²) in [6.07, 6.45) is 1.65. The van der Waals surface area contributed by atoms with Crippen molar-refractivity contribution in [2.75, 3.05) is 12.4 Å². The van der Waals surface area contributed by atoms with Crippen LogP contribution in [-0.2, 0) is 0 Å². The standard InChI is InChI=1S/C20H14ClN3O3/c1-26-14-7-4-12(5-8-14)19(25)23-16-11-13(6-9-15(16)21)20-24-18-17(27-20)3-2-10-22-18/h2-11H,1H3,(H,23,25). The van der Waals surface area contributed by atoms with Gasteiger partial charge in [-0.1, -0.05) is 11.6 Å². The Hall–Kier alpha value is -3.38. The maximum absolute atomic E-state index is 12.5. The molecule has 0 saturated heterocycles. The monoisotopic (exact) mass is 379 g/mol. The van der Waals surface area contributed by atoms with Crippen molar-refractivity contribution in [1.29, 1.82) is 0 Å². The number of nitrogens with one attached hydrogen (secondary N) is 1. The van der Waals surface area contributed by atoms with Crippen LogP contribution in [0.5, 0.6) is 5.75 Å². The van der Waals surface area contributed by atoms with Crippen LogP contribution in [0.4, 0.5) is 5.69 Å². The van der Waals surface area contributed by atoms with Crippen molar-refractivity contribution >= 4 is 34.4 Å². The molecule has 1 amide bonds. The Kier molecular flexibility index (Phi) is 4.48. The molecule has 0 aliphatic carbocycles. The summed E-state index contributed by atoms with van der Waals surface area (Å²) < 4.78 is 10.8. The van der Waals surface area contributed by atoms with E-state index in [1.807, 2.05) is 0 Å². The number of benzene rings is 2. The number of carbonyl (C=O) groups is 1. The Balaban J connectivity index is 1.62. The molecule has 0 aliphatic rings. The van der Waals surface area contributed by atoms with Crippen molar-refractivity contribution in [3.63, 3.8) is 0 Å². The second-order valence-electron chi connectivity index (χ2n) is 5.72. The van der Waals surface area contributed by atoms with E-state index in [9.17, 15) is 4.79 Å². The Morgan fingerprint density at radius 2 is 1.96 bits per heavy atom. The summed E-state index contributed by atoms with van der Waals surface area (Å²) >= 11 is 6.24. The first-order chi connectivity index (χ1) is 13.1. The molecule has 0 atom stereocenters. The van der Waals surface area contributed by atoms with Crippen molar-refractivity contribution in [2.45, 2.75) is 0 Å². The third-order valence-electron chi connectivity index (χ3n) is 3.98. The van der Waals surface area contributed by atoms with Gasteiger partial charge >= 0.3 is 0 Å². The number of oxazole rings is 1. The van der Waals surface area contributed by atoms with Crippen molar-refractivity contribution in [1.82, 2.24) is 9.97 Å². The number of ether oxygens (including phenoxy) is 1. The topological polar surface area (TPSA) is 77.2 Å². The van der Waals surface area contributed by atoms with E-state index in [0.717, 1.165) is 0 Å². The highest BCUT2D eigenvalue weighted by Gasteiger charge is 2.13. The van der Waals surface area contributed by atoms with Gasteiger partial charge in [0.1, 0.15) is 5.75 Å². The van der Waals surface area contributed by atoms with Crippen LogP contribution < -0.4 is 10.1 Å². The molecular formula is C20H14ClN3O3. The lowest BCUT2D eigenvalue weighted by atomic mass is 10.1. The molecule has 2 heterocycles. The fourth-order valence-electron chi connectivity index (χ4n) is 2.58. The van der Waals surface area contributed by atoms with Gasteiger partial charge in [0, 0.05) is 17.3 Å². The molecular weight excluding hydrogens is 366 g/mol. The smallest absolute Gasteiger partial charge is 0.255 e. The zero-order valence-electron chi connectivity index (χ0n) is 14.3. The Bertz CT molecular complexity index is 1090. The highest BCUT2D eigenvalue weighted by Crippen LogP contribution is 2.30. The number of hydrogen-bond donors (Lipinski definition) is 1.